The van der Waals surface area contributed by atoms with Gasteiger partial charge in [0.1, 0.15) is 5.82 Å². The van der Waals surface area contributed by atoms with Gasteiger partial charge in [0.15, 0.2) is 5.78 Å². The first-order valence-corrected chi connectivity index (χ1v) is 9.46. The summed E-state index contributed by atoms with van der Waals surface area (Å²) in [5.74, 6) is -0.452. The van der Waals surface area contributed by atoms with E-state index in [1.165, 1.54) is 37.5 Å². The molecule has 0 bridgehead atoms. The van der Waals surface area contributed by atoms with Crippen molar-refractivity contribution < 1.29 is 14.0 Å². The number of allylic oxidation sites excluding steroid dienone is 1. The largest absolute Gasteiger partial charge is 0.326 e. The van der Waals surface area contributed by atoms with Gasteiger partial charge in [0, 0.05) is 17.7 Å². The first-order valence-electron chi connectivity index (χ1n) is 9.46. The molecule has 0 aliphatic rings. The molecule has 0 saturated carbocycles. The number of unbranched alkanes of at least 4 members (excludes halogenated alkanes) is 4. The maximum atomic E-state index is 12.9. The summed E-state index contributed by atoms with van der Waals surface area (Å²) in [5.41, 5.74) is 1.98. The van der Waals surface area contributed by atoms with E-state index in [4.69, 9.17) is 0 Å². The SMILES string of the molecule is CCCCCCCC(=O)Nc1ccc(C(=O)/C=C/c2ccc(F)cc2)cc1. The quantitative estimate of drug-likeness (QED) is 0.317. The fourth-order valence-electron chi connectivity index (χ4n) is 2.67. The summed E-state index contributed by atoms with van der Waals surface area (Å²) < 4.78 is 12.9. The van der Waals surface area contributed by atoms with Crippen molar-refractivity contribution in [1.29, 1.82) is 0 Å². The highest BCUT2D eigenvalue weighted by Gasteiger charge is 2.05. The average molecular weight is 367 g/mol. The Hall–Kier alpha value is -2.75. The molecule has 0 fully saturated rings. The van der Waals surface area contributed by atoms with Crippen molar-refractivity contribution in [2.24, 2.45) is 0 Å². The molecule has 0 heterocycles. The van der Waals surface area contributed by atoms with Gasteiger partial charge in [0.2, 0.25) is 5.91 Å². The first-order chi connectivity index (χ1) is 13.1. The summed E-state index contributed by atoms with van der Waals surface area (Å²) in [5, 5.41) is 2.86. The molecule has 2 aromatic carbocycles. The Morgan fingerprint density at radius 2 is 1.59 bits per heavy atom. The third-order valence-corrected chi connectivity index (χ3v) is 4.26. The van der Waals surface area contributed by atoms with Gasteiger partial charge in [-0.1, -0.05) is 50.8 Å². The molecule has 0 radical (unpaired) electrons. The zero-order valence-electron chi connectivity index (χ0n) is 15.7. The normalized spacial score (nSPS) is 10.9. The number of carbonyl (C=O) groups excluding carboxylic acids is 2. The van der Waals surface area contributed by atoms with Crippen molar-refractivity contribution in [2.45, 2.75) is 45.4 Å². The number of ketones is 1. The Kier molecular flexibility index (Phi) is 8.43. The maximum Gasteiger partial charge on any atom is 0.224 e. The van der Waals surface area contributed by atoms with Gasteiger partial charge in [-0.05, 0) is 54.5 Å². The predicted molar refractivity (Wildman–Crippen MR) is 108 cm³/mol. The monoisotopic (exact) mass is 367 g/mol. The molecular formula is C23H26FNO2. The van der Waals surface area contributed by atoms with Gasteiger partial charge in [-0.25, -0.2) is 4.39 Å². The lowest BCUT2D eigenvalue weighted by Gasteiger charge is -2.06. The molecule has 1 N–H and O–H groups in total. The van der Waals surface area contributed by atoms with Crippen molar-refractivity contribution in [3.8, 4) is 0 Å². The summed E-state index contributed by atoms with van der Waals surface area (Å²) in [4.78, 5) is 24.1. The zero-order valence-corrected chi connectivity index (χ0v) is 15.7. The molecule has 4 heteroatoms. The molecule has 0 aliphatic heterocycles. The molecule has 3 nitrogen and oxygen atoms in total. The second-order valence-electron chi connectivity index (χ2n) is 6.54. The van der Waals surface area contributed by atoms with Crippen molar-refractivity contribution in [2.75, 3.05) is 5.32 Å². The van der Waals surface area contributed by atoms with Crippen molar-refractivity contribution in [1.82, 2.24) is 0 Å². The molecule has 2 aromatic rings. The number of nitrogens with one attached hydrogen (secondary N) is 1. The number of halogens is 1. The molecular weight excluding hydrogens is 341 g/mol. The molecule has 27 heavy (non-hydrogen) atoms. The highest BCUT2D eigenvalue weighted by Crippen LogP contribution is 2.13. The number of amides is 1. The van der Waals surface area contributed by atoms with Crippen LogP contribution in [0, 0.1) is 5.82 Å². The Morgan fingerprint density at radius 3 is 2.26 bits per heavy atom. The third kappa shape index (κ3) is 7.57. The minimum absolute atomic E-state index is 0.00165. The van der Waals surface area contributed by atoms with E-state index in [2.05, 4.69) is 12.2 Å². The van der Waals surface area contributed by atoms with Gasteiger partial charge in [-0.2, -0.15) is 0 Å². The second kappa shape index (κ2) is 11.1. The van der Waals surface area contributed by atoms with Gasteiger partial charge >= 0.3 is 0 Å². The highest BCUT2D eigenvalue weighted by molar-refractivity contribution is 6.07. The molecule has 0 unspecified atom stereocenters. The molecule has 0 atom stereocenters. The van der Waals surface area contributed by atoms with E-state index in [9.17, 15) is 14.0 Å². The van der Waals surface area contributed by atoms with E-state index in [0.29, 0.717) is 17.7 Å². The predicted octanol–water partition coefficient (Wildman–Crippen LogP) is 6.02. The second-order valence-corrected chi connectivity index (χ2v) is 6.54. The molecule has 142 valence electrons. The smallest absolute Gasteiger partial charge is 0.224 e. The van der Waals surface area contributed by atoms with Gasteiger partial charge < -0.3 is 5.32 Å². The number of rotatable bonds is 10. The van der Waals surface area contributed by atoms with E-state index in [1.54, 1.807) is 42.5 Å². The van der Waals surface area contributed by atoms with Gasteiger partial charge in [-0.3, -0.25) is 9.59 Å². The third-order valence-electron chi connectivity index (χ3n) is 4.26. The average Bonchev–Trinajstić information content (AvgIpc) is 2.68. The lowest BCUT2D eigenvalue weighted by Crippen LogP contribution is -2.11. The fraction of sp³-hybridized carbons (Fsp3) is 0.304. The number of benzene rings is 2. The van der Waals surface area contributed by atoms with Gasteiger partial charge in [0.05, 0.1) is 0 Å². The van der Waals surface area contributed by atoms with Crippen LogP contribution in [-0.4, -0.2) is 11.7 Å². The summed E-state index contributed by atoms with van der Waals surface area (Å²) in [7, 11) is 0. The molecule has 0 aliphatic carbocycles. The lowest BCUT2D eigenvalue weighted by molar-refractivity contribution is -0.116. The topological polar surface area (TPSA) is 46.2 Å². The summed E-state index contributed by atoms with van der Waals surface area (Å²) in [6.07, 6.45) is 9.18. The van der Waals surface area contributed by atoms with Crippen LogP contribution in [0.15, 0.2) is 54.6 Å². The van der Waals surface area contributed by atoms with Crippen LogP contribution in [0.2, 0.25) is 0 Å². The van der Waals surface area contributed by atoms with Crippen molar-refractivity contribution in [3.05, 3.63) is 71.6 Å². The van der Waals surface area contributed by atoms with E-state index in [1.807, 2.05) is 0 Å². The number of hydrogen-bond donors (Lipinski definition) is 1. The van der Waals surface area contributed by atoms with E-state index in [-0.39, 0.29) is 17.5 Å². The summed E-state index contributed by atoms with van der Waals surface area (Å²) in [6.45, 7) is 2.17. The lowest BCUT2D eigenvalue weighted by atomic mass is 10.1. The highest BCUT2D eigenvalue weighted by atomic mass is 19.1. The van der Waals surface area contributed by atoms with Crippen LogP contribution in [-0.2, 0) is 4.79 Å². The van der Waals surface area contributed by atoms with Crippen LogP contribution in [0.5, 0.6) is 0 Å². The fourth-order valence-corrected chi connectivity index (χ4v) is 2.67. The summed E-state index contributed by atoms with van der Waals surface area (Å²) >= 11 is 0. The minimum atomic E-state index is -0.308. The first kappa shape index (κ1) is 20.6. The van der Waals surface area contributed by atoms with E-state index >= 15 is 0 Å². The van der Waals surface area contributed by atoms with E-state index < -0.39 is 0 Å². The van der Waals surface area contributed by atoms with Crippen LogP contribution < -0.4 is 5.32 Å². The summed E-state index contributed by atoms with van der Waals surface area (Å²) in [6, 6.07) is 12.8. The van der Waals surface area contributed by atoms with Gasteiger partial charge in [-0.15, -0.1) is 0 Å². The van der Waals surface area contributed by atoms with Crippen LogP contribution in [0.4, 0.5) is 10.1 Å². The minimum Gasteiger partial charge on any atom is -0.326 e. The number of anilines is 1. The van der Waals surface area contributed by atoms with Crippen molar-refractivity contribution >= 4 is 23.5 Å². The molecule has 2 rings (SSSR count). The molecule has 0 spiro atoms. The van der Waals surface area contributed by atoms with Crippen molar-refractivity contribution in [3.63, 3.8) is 0 Å². The van der Waals surface area contributed by atoms with E-state index in [0.717, 1.165) is 18.4 Å². The van der Waals surface area contributed by atoms with Gasteiger partial charge in [0.25, 0.3) is 0 Å². The number of hydrogen-bond acceptors (Lipinski definition) is 2. The Bertz CT molecular complexity index is 764. The van der Waals surface area contributed by atoms with Crippen LogP contribution in [0.25, 0.3) is 6.08 Å². The Morgan fingerprint density at radius 1 is 0.926 bits per heavy atom. The maximum absolute atomic E-state index is 12.9. The Labute approximate surface area is 160 Å². The molecule has 1 amide bonds. The number of carbonyl (C=O) groups is 2. The zero-order chi connectivity index (χ0) is 19.5. The Balaban J connectivity index is 1.82. The molecule has 0 saturated heterocycles. The van der Waals surface area contributed by atoms with Crippen LogP contribution >= 0.6 is 0 Å². The van der Waals surface area contributed by atoms with Crippen LogP contribution in [0.3, 0.4) is 0 Å². The van der Waals surface area contributed by atoms with Crippen LogP contribution in [0.1, 0.15) is 61.4 Å². The standard InChI is InChI=1S/C23H26FNO2/c1-2-3-4-5-6-7-23(27)25-21-15-11-19(12-16-21)22(26)17-10-18-8-13-20(24)14-9-18/h8-17H,2-7H2,1H3,(H,25,27)/b17-10+. The molecule has 0 aromatic heterocycles.